The van der Waals surface area contributed by atoms with Crippen molar-refractivity contribution in [2.24, 2.45) is 0 Å². The van der Waals surface area contributed by atoms with Crippen LogP contribution in [0.2, 0.25) is 5.15 Å². The third-order valence-corrected chi connectivity index (χ3v) is 5.09. The number of aromatic nitrogens is 2. The summed E-state index contributed by atoms with van der Waals surface area (Å²) in [5, 5.41) is 0.222. The number of aryl methyl sites for hydroxylation is 2. The number of ether oxygens (including phenoxy) is 1. The smallest absolute Gasteiger partial charge is 0.262 e. The number of methoxy groups -OCH3 is 1. The molecule has 1 aliphatic heterocycles. The molecular weight excluding hydrogens is 395 g/mol. The first-order chi connectivity index (χ1) is 13.9. The highest BCUT2D eigenvalue weighted by molar-refractivity contribution is 6.30. The fourth-order valence-corrected chi connectivity index (χ4v) is 3.64. The predicted molar refractivity (Wildman–Crippen MR) is 110 cm³/mol. The molecule has 0 atom stereocenters. The second-order valence-electron chi connectivity index (χ2n) is 6.72. The minimum Gasteiger partial charge on any atom is -0.481 e. The molecule has 0 saturated heterocycles. The molecule has 3 aromatic rings. The Morgan fingerprint density at radius 1 is 1.07 bits per heavy atom. The summed E-state index contributed by atoms with van der Waals surface area (Å²) < 4.78 is 18.8. The average Bonchev–Trinajstić information content (AvgIpc) is 2.69. The van der Waals surface area contributed by atoms with Gasteiger partial charge in [0.25, 0.3) is 5.91 Å². The van der Waals surface area contributed by atoms with Crippen LogP contribution in [0.3, 0.4) is 0 Å². The molecule has 6 nitrogen and oxygen atoms in total. The zero-order valence-electron chi connectivity index (χ0n) is 16.1. The number of halogens is 2. The molecule has 0 saturated carbocycles. The van der Waals surface area contributed by atoms with Gasteiger partial charge < -0.3 is 9.64 Å². The molecular formula is C21H18ClFN4O2. The van der Waals surface area contributed by atoms with E-state index >= 15 is 0 Å². The minimum absolute atomic E-state index is 0.213. The number of fused-ring (bicyclic) bond motifs is 1. The molecule has 0 radical (unpaired) electrons. The van der Waals surface area contributed by atoms with Crippen LogP contribution < -0.4 is 14.5 Å². The zero-order chi connectivity index (χ0) is 20.7. The Bertz CT molecular complexity index is 1120. The summed E-state index contributed by atoms with van der Waals surface area (Å²) in [4.78, 5) is 25.3. The lowest BCUT2D eigenvalue weighted by Crippen LogP contribution is -2.45. The van der Waals surface area contributed by atoms with Gasteiger partial charge in [-0.3, -0.25) is 9.69 Å². The summed E-state index contributed by atoms with van der Waals surface area (Å²) in [6, 6.07) is 9.59. The third kappa shape index (κ3) is 3.38. The number of carbonyl (C=O) groups excluding carboxylic acids is 1. The number of nitrogens with zero attached hydrogens (tertiary/aromatic N) is 4. The van der Waals surface area contributed by atoms with E-state index in [0.717, 1.165) is 11.3 Å². The molecule has 4 rings (SSSR count). The van der Waals surface area contributed by atoms with Crippen LogP contribution in [0.4, 0.5) is 21.5 Å². The summed E-state index contributed by atoms with van der Waals surface area (Å²) in [7, 11) is 1.54. The van der Waals surface area contributed by atoms with E-state index in [4.69, 9.17) is 16.3 Å². The number of rotatable bonds is 3. The average molecular weight is 413 g/mol. The molecule has 2 aromatic heterocycles. The van der Waals surface area contributed by atoms with E-state index in [2.05, 4.69) is 9.97 Å². The van der Waals surface area contributed by atoms with Crippen molar-refractivity contribution in [2.75, 3.05) is 23.6 Å². The van der Waals surface area contributed by atoms with E-state index in [1.165, 1.54) is 19.2 Å². The van der Waals surface area contributed by atoms with Crippen LogP contribution in [-0.4, -0.2) is 29.7 Å². The number of hydrogen-bond acceptors (Lipinski definition) is 5. The molecule has 3 heterocycles. The Morgan fingerprint density at radius 3 is 2.52 bits per heavy atom. The molecule has 1 aromatic carbocycles. The van der Waals surface area contributed by atoms with Crippen molar-refractivity contribution in [1.29, 1.82) is 0 Å². The fourth-order valence-electron chi connectivity index (χ4n) is 3.48. The molecule has 0 spiro atoms. The number of anilines is 3. The SMILES string of the molecule is COc1ccc(N2CN(c3ccc(F)cc3C)c3cnc(Cl)cc3C2=O)c(C)n1. The number of pyridine rings is 2. The predicted octanol–water partition coefficient (Wildman–Crippen LogP) is 4.65. The van der Waals surface area contributed by atoms with Crippen LogP contribution in [-0.2, 0) is 0 Å². The van der Waals surface area contributed by atoms with E-state index in [9.17, 15) is 9.18 Å². The Kier molecular flexibility index (Phi) is 4.84. The van der Waals surface area contributed by atoms with Crippen LogP contribution in [0.1, 0.15) is 21.6 Å². The summed E-state index contributed by atoms with van der Waals surface area (Å²) >= 11 is 6.07. The molecule has 1 aliphatic rings. The lowest BCUT2D eigenvalue weighted by atomic mass is 10.1. The Balaban J connectivity index is 1.87. The van der Waals surface area contributed by atoms with Gasteiger partial charge in [0, 0.05) is 11.8 Å². The van der Waals surface area contributed by atoms with Crippen LogP contribution >= 0.6 is 11.6 Å². The van der Waals surface area contributed by atoms with Crippen LogP contribution in [0.5, 0.6) is 5.88 Å². The monoisotopic (exact) mass is 412 g/mol. The van der Waals surface area contributed by atoms with E-state index in [1.54, 1.807) is 35.4 Å². The first-order valence-electron chi connectivity index (χ1n) is 8.92. The number of benzene rings is 1. The van der Waals surface area contributed by atoms with E-state index in [0.29, 0.717) is 28.5 Å². The standard InChI is InChI=1S/C21H18ClFN4O2/c1-12-8-14(23)4-5-16(12)26-11-27(17-6-7-20(29-3)25-13(17)2)21(28)15-9-19(22)24-10-18(15)26/h4-10H,11H2,1-3H3. The Hall–Kier alpha value is -3.19. The molecule has 0 unspecified atom stereocenters. The fraction of sp³-hybridized carbons (Fsp3) is 0.190. The summed E-state index contributed by atoms with van der Waals surface area (Å²) in [5.74, 6) is -0.0641. The maximum Gasteiger partial charge on any atom is 0.262 e. The van der Waals surface area contributed by atoms with Gasteiger partial charge in [0.15, 0.2) is 0 Å². The third-order valence-electron chi connectivity index (χ3n) is 4.88. The van der Waals surface area contributed by atoms with Crippen molar-refractivity contribution in [1.82, 2.24) is 9.97 Å². The largest absolute Gasteiger partial charge is 0.481 e. The normalized spacial score (nSPS) is 13.5. The summed E-state index contributed by atoms with van der Waals surface area (Å²) in [5.41, 5.74) is 3.84. The highest BCUT2D eigenvalue weighted by Gasteiger charge is 2.33. The van der Waals surface area contributed by atoms with Gasteiger partial charge in [-0.2, -0.15) is 0 Å². The number of carbonyl (C=O) groups is 1. The summed E-state index contributed by atoms with van der Waals surface area (Å²) in [6.45, 7) is 3.85. The maximum absolute atomic E-state index is 13.7. The van der Waals surface area contributed by atoms with Crippen molar-refractivity contribution < 1.29 is 13.9 Å². The lowest BCUT2D eigenvalue weighted by molar-refractivity contribution is 0.0983. The van der Waals surface area contributed by atoms with Crippen molar-refractivity contribution in [3.8, 4) is 5.88 Å². The Morgan fingerprint density at radius 2 is 1.83 bits per heavy atom. The number of hydrogen-bond donors (Lipinski definition) is 0. The molecule has 8 heteroatoms. The van der Waals surface area contributed by atoms with Crippen LogP contribution in [0, 0.1) is 19.7 Å². The molecule has 148 valence electrons. The highest BCUT2D eigenvalue weighted by atomic mass is 35.5. The molecule has 0 fully saturated rings. The van der Waals surface area contributed by atoms with E-state index in [1.807, 2.05) is 18.7 Å². The first-order valence-corrected chi connectivity index (χ1v) is 9.29. The van der Waals surface area contributed by atoms with Crippen molar-refractivity contribution in [3.63, 3.8) is 0 Å². The van der Waals surface area contributed by atoms with Crippen molar-refractivity contribution >= 4 is 34.6 Å². The van der Waals surface area contributed by atoms with Crippen molar-refractivity contribution in [2.45, 2.75) is 13.8 Å². The molecule has 29 heavy (non-hydrogen) atoms. The second kappa shape index (κ2) is 7.33. The van der Waals surface area contributed by atoms with E-state index in [-0.39, 0.29) is 23.5 Å². The van der Waals surface area contributed by atoms with Gasteiger partial charge in [0.05, 0.1) is 35.9 Å². The summed E-state index contributed by atoms with van der Waals surface area (Å²) in [6.07, 6.45) is 1.56. The molecule has 0 aliphatic carbocycles. The first kappa shape index (κ1) is 19.1. The van der Waals surface area contributed by atoms with Gasteiger partial charge in [0.2, 0.25) is 5.88 Å². The molecule has 1 amide bonds. The quantitative estimate of drug-likeness (QED) is 0.586. The van der Waals surface area contributed by atoms with Gasteiger partial charge >= 0.3 is 0 Å². The maximum atomic E-state index is 13.7. The molecule has 0 bridgehead atoms. The lowest BCUT2D eigenvalue weighted by Gasteiger charge is -2.38. The van der Waals surface area contributed by atoms with Gasteiger partial charge in [0.1, 0.15) is 17.6 Å². The molecule has 0 N–H and O–H groups in total. The highest BCUT2D eigenvalue weighted by Crippen LogP contribution is 2.38. The topological polar surface area (TPSA) is 58.6 Å². The minimum atomic E-state index is -0.319. The van der Waals surface area contributed by atoms with Crippen LogP contribution in [0.15, 0.2) is 42.6 Å². The zero-order valence-corrected chi connectivity index (χ0v) is 16.9. The van der Waals surface area contributed by atoms with Crippen LogP contribution in [0.25, 0.3) is 0 Å². The Labute approximate surface area is 172 Å². The van der Waals surface area contributed by atoms with Gasteiger partial charge in [-0.25, -0.2) is 14.4 Å². The number of amides is 1. The second-order valence-corrected chi connectivity index (χ2v) is 7.10. The van der Waals surface area contributed by atoms with Gasteiger partial charge in [-0.15, -0.1) is 0 Å². The van der Waals surface area contributed by atoms with Gasteiger partial charge in [-0.1, -0.05) is 11.6 Å². The van der Waals surface area contributed by atoms with Crippen molar-refractivity contribution in [3.05, 3.63) is 70.4 Å². The van der Waals surface area contributed by atoms with E-state index < -0.39 is 0 Å². The van der Waals surface area contributed by atoms with Gasteiger partial charge in [-0.05, 0) is 49.7 Å².